The molecule has 7 heteroatoms. The lowest BCUT2D eigenvalue weighted by atomic mass is 10.0. The molecule has 3 heterocycles. The van der Waals surface area contributed by atoms with E-state index in [0.717, 1.165) is 0 Å². The Hall–Kier alpha value is -2.44. The summed E-state index contributed by atoms with van der Waals surface area (Å²) in [5, 5.41) is 3.98. The normalized spacial score (nSPS) is 16.4. The highest BCUT2D eigenvalue weighted by Crippen LogP contribution is 2.32. The first-order valence-electron chi connectivity index (χ1n) is 5.37. The number of hydrogen-bond donors (Lipinski definition) is 1. The fourth-order valence-electron chi connectivity index (χ4n) is 1.92. The van der Waals surface area contributed by atoms with E-state index in [1.165, 1.54) is 4.68 Å². The summed E-state index contributed by atoms with van der Waals surface area (Å²) < 4.78 is 6.54. The van der Waals surface area contributed by atoms with Crippen LogP contribution in [0.25, 0.3) is 5.95 Å². The summed E-state index contributed by atoms with van der Waals surface area (Å²) in [7, 11) is 0. The molecular weight excluding hydrogens is 236 g/mol. The Balaban J connectivity index is 2.28. The molecule has 1 N–H and O–H groups in total. The number of nitrogens with one attached hydrogen (secondary N) is 1. The zero-order chi connectivity index (χ0) is 12.9. The van der Waals surface area contributed by atoms with E-state index in [1.807, 2.05) is 0 Å². The van der Waals surface area contributed by atoms with Crippen LogP contribution in [0.1, 0.15) is 29.9 Å². The van der Waals surface area contributed by atoms with E-state index in [0.29, 0.717) is 5.69 Å². The Bertz CT molecular complexity index is 685. The predicted octanol–water partition coefficient (Wildman–Crippen LogP) is 0.361. The molecule has 1 aliphatic heterocycles. The predicted molar refractivity (Wildman–Crippen MR) is 60.4 cm³/mol. The van der Waals surface area contributed by atoms with Gasteiger partial charge in [0.05, 0.1) is 0 Å². The van der Waals surface area contributed by atoms with Gasteiger partial charge in [-0.25, -0.2) is 14.5 Å². The van der Waals surface area contributed by atoms with Gasteiger partial charge < -0.3 is 4.74 Å². The second-order valence-corrected chi connectivity index (χ2v) is 4.46. The van der Waals surface area contributed by atoms with Gasteiger partial charge in [-0.3, -0.25) is 9.78 Å². The van der Waals surface area contributed by atoms with Gasteiger partial charge in [-0.2, -0.15) is 5.10 Å². The highest BCUT2D eigenvalue weighted by Gasteiger charge is 2.42. The van der Waals surface area contributed by atoms with Gasteiger partial charge in [-0.05, 0) is 19.9 Å². The molecule has 0 radical (unpaired) electrons. The van der Waals surface area contributed by atoms with E-state index in [9.17, 15) is 9.59 Å². The summed E-state index contributed by atoms with van der Waals surface area (Å²) >= 11 is 0. The molecule has 0 unspecified atom stereocenters. The van der Waals surface area contributed by atoms with Crippen LogP contribution >= 0.6 is 0 Å². The van der Waals surface area contributed by atoms with Crippen molar-refractivity contribution in [1.82, 2.24) is 19.7 Å². The summed E-state index contributed by atoms with van der Waals surface area (Å²) in [6, 6.07) is 1.71. The highest BCUT2D eigenvalue weighted by molar-refractivity contribution is 5.93. The van der Waals surface area contributed by atoms with Crippen LogP contribution in [-0.2, 0) is 10.3 Å². The number of fused-ring (bicyclic) bond motifs is 1. The molecule has 0 amide bonds. The number of cyclic esters (lactones) is 1. The molecule has 0 atom stereocenters. The number of nitrogens with zero attached hydrogens (tertiary/aromatic N) is 3. The van der Waals surface area contributed by atoms with Gasteiger partial charge in [-0.1, -0.05) is 0 Å². The van der Waals surface area contributed by atoms with Gasteiger partial charge >= 0.3 is 5.97 Å². The van der Waals surface area contributed by atoms with Crippen molar-refractivity contribution in [2.75, 3.05) is 0 Å². The summed E-state index contributed by atoms with van der Waals surface area (Å²) in [5.41, 5.74) is -1.11. The maximum absolute atomic E-state index is 11.9. The van der Waals surface area contributed by atoms with Crippen LogP contribution in [0.5, 0.6) is 0 Å². The summed E-state index contributed by atoms with van der Waals surface area (Å²) in [6.07, 6.45) is 3.22. The lowest BCUT2D eigenvalue weighted by molar-refractivity contribution is 0.00827. The third-order valence-corrected chi connectivity index (χ3v) is 2.75. The Morgan fingerprint density at radius 1 is 1.39 bits per heavy atom. The van der Waals surface area contributed by atoms with Crippen molar-refractivity contribution in [1.29, 1.82) is 0 Å². The van der Waals surface area contributed by atoms with E-state index in [2.05, 4.69) is 15.1 Å². The molecule has 0 bridgehead atoms. The molecule has 92 valence electrons. The van der Waals surface area contributed by atoms with Crippen LogP contribution < -0.4 is 5.56 Å². The molecule has 0 saturated heterocycles. The fraction of sp³-hybridized carbons (Fsp3) is 0.273. The minimum atomic E-state index is -0.900. The SMILES string of the molecule is CC1(C)OC(=O)c2c1nc(-n1cccn1)[nH]c2=O. The van der Waals surface area contributed by atoms with Gasteiger partial charge in [0.2, 0.25) is 5.95 Å². The van der Waals surface area contributed by atoms with Gasteiger partial charge in [-0.15, -0.1) is 0 Å². The van der Waals surface area contributed by atoms with E-state index in [1.54, 1.807) is 32.3 Å². The number of carbonyl (C=O) groups excluding carboxylic acids is 1. The third kappa shape index (κ3) is 1.37. The zero-order valence-electron chi connectivity index (χ0n) is 9.80. The fourth-order valence-corrected chi connectivity index (χ4v) is 1.92. The van der Waals surface area contributed by atoms with Crippen LogP contribution in [0, 0.1) is 0 Å². The largest absolute Gasteiger partial charge is 0.449 e. The minimum Gasteiger partial charge on any atom is -0.449 e. The maximum atomic E-state index is 11.9. The Labute approximate surface area is 101 Å². The first-order valence-corrected chi connectivity index (χ1v) is 5.37. The number of H-pyrrole nitrogens is 1. The second kappa shape index (κ2) is 3.28. The van der Waals surface area contributed by atoms with Crippen molar-refractivity contribution in [3.63, 3.8) is 0 Å². The van der Waals surface area contributed by atoms with Gasteiger partial charge in [0, 0.05) is 12.4 Å². The number of aromatic nitrogens is 4. The lowest BCUT2D eigenvalue weighted by Gasteiger charge is -2.16. The van der Waals surface area contributed by atoms with Crippen LogP contribution in [0.3, 0.4) is 0 Å². The van der Waals surface area contributed by atoms with Crippen LogP contribution in [0.15, 0.2) is 23.3 Å². The average molecular weight is 246 g/mol. The number of hydrogen-bond acceptors (Lipinski definition) is 5. The molecule has 18 heavy (non-hydrogen) atoms. The molecule has 3 rings (SSSR count). The molecule has 0 fully saturated rings. The summed E-state index contributed by atoms with van der Waals surface area (Å²) in [4.78, 5) is 30.3. The lowest BCUT2D eigenvalue weighted by Crippen LogP contribution is -2.23. The van der Waals surface area contributed by atoms with Crippen LogP contribution in [-0.4, -0.2) is 25.7 Å². The van der Waals surface area contributed by atoms with Gasteiger partial charge in [0.1, 0.15) is 11.3 Å². The van der Waals surface area contributed by atoms with Crippen molar-refractivity contribution in [2.24, 2.45) is 0 Å². The summed E-state index contributed by atoms with van der Waals surface area (Å²) in [5.74, 6) is -0.383. The van der Waals surface area contributed by atoms with Crippen molar-refractivity contribution < 1.29 is 9.53 Å². The number of carbonyl (C=O) groups is 1. The molecule has 0 aliphatic carbocycles. The van der Waals surface area contributed by atoms with Crippen molar-refractivity contribution >= 4 is 5.97 Å². The standard InChI is InChI=1S/C11H10N4O3/c1-11(2)7-6(9(17)18-11)8(16)14-10(13-7)15-5-3-4-12-15/h3-5H,1-2H3,(H,13,14,16). The molecule has 7 nitrogen and oxygen atoms in total. The van der Waals surface area contributed by atoms with Gasteiger partial charge in [0.25, 0.3) is 5.56 Å². The molecule has 1 aliphatic rings. The van der Waals surface area contributed by atoms with Gasteiger partial charge in [0.15, 0.2) is 5.56 Å². The molecular formula is C11H10N4O3. The van der Waals surface area contributed by atoms with Crippen molar-refractivity contribution in [2.45, 2.75) is 19.4 Å². The number of esters is 1. The maximum Gasteiger partial charge on any atom is 0.346 e. The smallest absolute Gasteiger partial charge is 0.346 e. The first-order chi connectivity index (χ1) is 8.49. The average Bonchev–Trinajstić information content (AvgIpc) is 2.86. The van der Waals surface area contributed by atoms with E-state index >= 15 is 0 Å². The van der Waals surface area contributed by atoms with E-state index in [4.69, 9.17) is 4.74 Å². The van der Waals surface area contributed by atoms with E-state index in [-0.39, 0.29) is 11.5 Å². The van der Waals surface area contributed by atoms with Crippen molar-refractivity contribution in [3.8, 4) is 5.95 Å². The topological polar surface area (TPSA) is 89.9 Å². The second-order valence-electron chi connectivity index (χ2n) is 4.46. The minimum absolute atomic E-state index is 0.0316. The monoisotopic (exact) mass is 246 g/mol. The molecule has 0 spiro atoms. The Kier molecular flexibility index (Phi) is 1.95. The first kappa shape index (κ1) is 10.7. The molecule has 0 aromatic carbocycles. The van der Waals surface area contributed by atoms with Crippen LogP contribution in [0.4, 0.5) is 0 Å². The molecule has 0 saturated carbocycles. The quantitative estimate of drug-likeness (QED) is 0.734. The van der Waals surface area contributed by atoms with Crippen LogP contribution in [0.2, 0.25) is 0 Å². The number of rotatable bonds is 1. The Morgan fingerprint density at radius 3 is 2.83 bits per heavy atom. The molecule has 2 aromatic rings. The van der Waals surface area contributed by atoms with E-state index < -0.39 is 17.1 Å². The van der Waals surface area contributed by atoms with Crippen molar-refractivity contribution in [3.05, 3.63) is 40.1 Å². The zero-order valence-corrected chi connectivity index (χ0v) is 9.80. The Morgan fingerprint density at radius 2 is 2.17 bits per heavy atom. The number of aromatic amines is 1. The molecule has 2 aromatic heterocycles. The highest BCUT2D eigenvalue weighted by atomic mass is 16.6. The third-order valence-electron chi connectivity index (χ3n) is 2.75. The summed E-state index contributed by atoms with van der Waals surface area (Å²) in [6.45, 7) is 3.38. The number of ether oxygens (including phenoxy) is 1.